The maximum Gasteiger partial charge on any atom is 0.269 e. The highest BCUT2D eigenvalue weighted by Gasteiger charge is 2.30. The van der Waals surface area contributed by atoms with Crippen molar-refractivity contribution in [3.05, 3.63) is 36.2 Å². The molecule has 1 aliphatic heterocycles. The molecule has 0 unspecified atom stereocenters. The first kappa shape index (κ1) is 14.8. The lowest BCUT2D eigenvalue weighted by molar-refractivity contribution is 0.0497. The van der Waals surface area contributed by atoms with E-state index in [0.717, 1.165) is 38.4 Å². The number of nitrogens with zero attached hydrogens (tertiary/aromatic N) is 3. The lowest BCUT2D eigenvalue weighted by Gasteiger charge is -2.30. The summed E-state index contributed by atoms with van der Waals surface area (Å²) in [7, 11) is 0. The molecule has 3 heterocycles. The number of aromatic amines is 1. The molecule has 0 aliphatic carbocycles. The first-order valence-electron chi connectivity index (χ1n) is 7.68. The molecule has 0 spiro atoms. The molecule has 1 aliphatic rings. The maximum atomic E-state index is 12.4. The molecule has 1 saturated heterocycles. The number of H-pyrrole nitrogens is 1. The number of amides is 1. The van der Waals surface area contributed by atoms with Crippen molar-refractivity contribution < 1.29 is 9.53 Å². The molecular formula is C15H21N5O2. The predicted octanol–water partition coefficient (Wildman–Crippen LogP) is 1.52. The Hall–Kier alpha value is -2.15. The maximum absolute atomic E-state index is 12.4. The van der Waals surface area contributed by atoms with E-state index in [2.05, 4.69) is 32.0 Å². The number of ether oxygens (including phenoxy) is 1. The number of carbonyl (C=O) groups is 1. The second kappa shape index (κ2) is 6.74. The Morgan fingerprint density at radius 1 is 1.50 bits per heavy atom. The van der Waals surface area contributed by atoms with Crippen LogP contribution in [0, 0.1) is 5.92 Å². The quantitative estimate of drug-likeness (QED) is 0.877. The third-order valence-electron chi connectivity index (χ3n) is 4.14. The van der Waals surface area contributed by atoms with Gasteiger partial charge in [0.05, 0.1) is 6.04 Å². The molecule has 2 aromatic rings. The minimum Gasteiger partial charge on any atom is -0.381 e. The van der Waals surface area contributed by atoms with Crippen LogP contribution in [0.2, 0.25) is 0 Å². The zero-order valence-corrected chi connectivity index (χ0v) is 12.7. The Labute approximate surface area is 129 Å². The molecule has 7 nitrogen and oxygen atoms in total. The van der Waals surface area contributed by atoms with Crippen LogP contribution in [-0.4, -0.2) is 38.9 Å². The van der Waals surface area contributed by atoms with Crippen LogP contribution >= 0.6 is 0 Å². The number of rotatable bonds is 5. The largest absolute Gasteiger partial charge is 0.381 e. The van der Waals surface area contributed by atoms with Gasteiger partial charge in [-0.3, -0.25) is 9.89 Å². The Morgan fingerprint density at radius 3 is 3.00 bits per heavy atom. The molecule has 22 heavy (non-hydrogen) atoms. The molecule has 2 aromatic heterocycles. The zero-order valence-electron chi connectivity index (χ0n) is 12.7. The SMILES string of the molecule is CCn1ccnc1[C@H](NC(=O)c1ccn[nH]1)C1CCOCC1. The van der Waals surface area contributed by atoms with E-state index in [1.165, 1.54) is 0 Å². The smallest absolute Gasteiger partial charge is 0.269 e. The van der Waals surface area contributed by atoms with Crippen LogP contribution in [0.3, 0.4) is 0 Å². The Kier molecular flexibility index (Phi) is 4.53. The molecule has 118 valence electrons. The van der Waals surface area contributed by atoms with E-state index < -0.39 is 0 Å². The summed E-state index contributed by atoms with van der Waals surface area (Å²) in [5, 5.41) is 9.66. The summed E-state index contributed by atoms with van der Waals surface area (Å²) in [5.74, 6) is 1.08. The van der Waals surface area contributed by atoms with Gasteiger partial charge >= 0.3 is 0 Å². The van der Waals surface area contributed by atoms with Crippen LogP contribution in [0.25, 0.3) is 0 Å². The highest BCUT2D eigenvalue weighted by Crippen LogP contribution is 2.29. The first-order chi connectivity index (χ1) is 10.8. The summed E-state index contributed by atoms with van der Waals surface area (Å²) in [5.41, 5.74) is 0.465. The highest BCUT2D eigenvalue weighted by molar-refractivity contribution is 5.92. The number of imidazole rings is 1. The van der Waals surface area contributed by atoms with Crippen LogP contribution in [0.15, 0.2) is 24.7 Å². The molecule has 2 N–H and O–H groups in total. The van der Waals surface area contributed by atoms with Crippen molar-refractivity contribution in [2.75, 3.05) is 13.2 Å². The fraction of sp³-hybridized carbons (Fsp3) is 0.533. The van der Waals surface area contributed by atoms with E-state index in [1.807, 2.05) is 6.20 Å². The van der Waals surface area contributed by atoms with Crippen molar-refractivity contribution in [2.45, 2.75) is 32.4 Å². The van der Waals surface area contributed by atoms with Crippen molar-refractivity contribution in [3.63, 3.8) is 0 Å². The van der Waals surface area contributed by atoms with Crippen LogP contribution in [0.1, 0.15) is 42.1 Å². The highest BCUT2D eigenvalue weighted by atomic mass is 16.5. The minimum atomic E-state index is -0.153. The third kappa shape index (κ3) is 3.04. The van der Waals surface area contributed by atoms with Crippen LogP contribution in [-0.2, 0) is 11.3 Å². The van der Waals surface area contributed by atoms with E-state index >= 15 is 0 Å². The molecule has 0 bridgehead atoms. The van der Waals surface area contributed by atoms with Crippen LogP contribution < -0.4 is 5.32 Å². The Morgan fingerprint density at radius 2 is 2.32 bits per heavy atom. The topological polar surface area (TPSA) is 84.8 Å². The van der Waals surface area contributed by atoms with Gasteiger partial charge in [-0.15, -0.1) is 0 Å². The fourth-order valence-corrected chi connectivity index (χ4v) is 2.91. The monoisotopic (exact) mass is 303 g/mol. The summed E-state index contributed by atoms with van der Waals surface area (Å²) in [6.45, 7) is 4.36. The third-order valence-corrected chi connectivity index (χ3v) is 4.14. The Bertz CT molecular complexity index is 601. The summed E-state index contributed by atoms with van der Waals surface area (Å²) in [6, 6.07) is 1.55. The number of hydrogen-bond acceptors (Lipinski definition) is 4. The second-order valence-electron chi connectivity index (χ2n) is 5.44. The lowest BCUT2D eigenvalue weighted by atomic mass is 9.91. The van der Waals surface area contributed by atoms with Crippen molar-refractivity contribution in [1.82, 2.24) is 25.1 Å². The molecule has 3 rings (SSSR count). The number of hydrogen-bond donors (Lipinski definition) is 2. The fourth-order valence-electron chi connectivity index (χ4n) is 2.91. The summed E-state index contributed by atoms with van der Waals surface area (Å²) in [6.07, 6.45) is 7.15. The summed E-state index contributed by atoms with van der Waals surface area (Å²) in [4.78, 5) is 16.9. The molecule has 1 amide bonds. The van der Waals surface area contributed by atoms with Gasteiger partial charge in [-0.25, -0.2) is 4.98 Å². The van der Waals surface area contributed by atoms with Gasteiger partial charge in [0.2, 0.25) is 0 Å². The van der Waals surface area contributed by atoms with Gasteiger partial charge in [-0.05, 0) is 31.7 Å². The van der Waals surface area contributed by atoms with Gasteiger partial charge in [0.15, 0.2) is 0 Å². The van der Waals surface area contributed by atoms with Crippen molar-refractivity contribution in [2.24, 2.45) is 5.92 Å². The minimum absolute atomic E-state index is 0.116. The first-order valence-corrected chi connectivity index (χ1v) is 7.68. The number of nitrogens with one attached hydrogen (secondary N) is 2. The number of aryl methyl sites for hydroxylation is 1. The lowest BCUT2D eigenvalue weighted by Crippen LogP contribution is -2.37. The standard InChI is InChI=1S/C15H21N5O2/c1-2-20-8-7-16-14(20)13(11-4-9-22-10-5-11)18-15(21)12-3-6-17-19-12/h3,6-8,11,13H,2,4-5,9-10H2,1H3,(H,17,19)(H,18,21)/t13-/m1/s1. The van der Waals surface area contributed by atoms with Crippen LogP contribution in [0.5, 0.6) is 0 Å². The Balaban J connectivity index is 1.84. The summed E-state index contributed by atoms with van der Waals surface area (Å²) >= 11 is 0. The molecule has 7 heteroatoms. The average molecular weight is 303 g/mol. The van der Waals surface area contributed by atoms with Gasteiger partial charge in [-0.2, -0.15) is 5.10 Å². The van der Waals surface area contributed by atoms with Gasteiger partial charge in [-0.1, -0.05) is 0 Å². The van der Waals surface area contributed by atoms with Gasteiger partial charge < -0.3 is 14.6 Å². The molecule has 1 fully saturated rings. The predicted molar refractivity (Wildman–Crippen MR) is 80.2 cm³/mol. The van der Waals surface area contributed by atoms with E-state index in [1.54, 1.807) is 18.5 Å². The van der Waals surface area contributed by atoms with E-state index in [-0.39, 0.29) is 11.9 Å². The molecule has 0 aromatic carbocycles. The molecular weight excluding hydrogens is 282 g/mol. The van der Waals surface area contributed by atoms with Gasteiger partial charge in [0.25, 0.3) is 5.91 Å². The van der Waals surface area contributed by atoms with Gasteiger partial charge in [0.1, 0.15) is 11.5 Å². The molecule has 0 saturated carbocycles. The van der Waals surface area contributed by atoms with Crippen molar-refractivity contribution >= 4 is 5.91 Å². The van der Waals surface area contributed by atoms with Crippen molar-refractivity contribution in [1.29, 1.82) is 0 Å². The number of aromatic nitrogens is 4. The van der Waals surface area contributed by atoms with Gasteiger partial charge in [0, 0.05) is 38.3 Å². The van der Waals surface area contributed by atoms with E-state index in [4.69, 9.17) is 4.74 Å². The summed E-state index contributed by atoms with van der Waals surface area (Å²) < 4.78 is 7.52. The normalized spacial score (nSPS) is 17.3. The average Bonchev–Trinajstić information content (AvgIpc) is 3.24. The van der Waals surface area contributed by atoms with Crippen molar-refractivity contribution in [3.8, 4) is 0 Å². The van der Waals surface area contributed by atoms with E-state index in [9.17, 15) is 4.79 Å². The molecule has 0 radical (unpaired) electrons. The number of carbonyl (C=O) groups excluding carboxylic acids is 1. The van der Waals surface area contributed by atoms with Crippen LogP contribution in [0.4, 0.5) is 0 Å². The zero-order chi connectivity index (χ0) is 15.4. The molecule has 1 atom stereocenters. The second-order valence-corrected chi connectivity index (χ2v) is 5.44. The van der Waals surface area contributed by atoms with E-state index in [0.29, 0.717) is 11.6 Å².